The second kappa shape index (κ2) is 10.2. The van der Waals surface area contributed by atoms with Gasteiger partial charge in [-0.2, -0.15) is 0 Å². The van der Waals surface area contributed by atoms with E-state index in [-0.39, 0.29) is 11.5 Å². The van der Waals surface area contributed by atoms with Gasteiger partial charge in [-0.1, -0.05) is 12.1 Å². The van der Waals surface area contributed by atoms with Crippen molar-refractivity contribution in [2.45, 2.75) is 6.92 Å². The molecular weight excluding hydrogens is 390 g/mol. The van der Waals surface area contributed by atoms with Crippen LogP contribution in [0.4, 0.5) is 5.69 Å². The van der Waals surface area contributed by atoms with Gasteiger partial charge in [-0.05, 0) is 19.1 Å². The Morgan fingerprint density at radius 3 is 2.45 bits per heavy atom. The molecule has 2 aliphatic heterocycles. The average molecular weight is 424 g/mol. The van der Waals surface area contributed by atoms with E-state index in [2.05, 4.69) is 33.0 Å². The van der Waals surface area contributed by atoms with Gasteiger partial charge in [0.15, 0.2) is 15.8 Å². The zero-order chi connectivity index (χ0) is 20.7. The summed E-state index contributed by atoms with van der Waals surface area (Å²) in [7, 11) is -1.12. The van der Waals surface area contributed by atoms with Gasteiger partial charge < -0.3 is 19.9 Å². The third-order valence-corrected chi connectivity index (χ3v) is 7.06. The van der Waals surface area contributed by atoms with Crippen molar-refractivity contribution in [3.63, 3.8) is 0 Å². The van der Waals surface area contributed by atoms with Gasteiger partial charge in [-0.25, -0.2) is 8.42 Å². The summed E-state index contributed by atoms with van der Waals surface area (Å²) in [6, 6.07) is 8.14. The van der Waals surface area contributed by atoms with Crippen molar-refractivity contribution in [1.82, 2.24) is 15.1 Å². The number of guanidine groups is 1. The smallest absolute Gasteiger partial charge is 0.194 e. The first-order valence-corrected chi connectivity index (χ1v) is 12.2. The van der Waals surface area contributed by atoms with Crippen LogP contribution in [-0.4, -0.2) is 102 Å². The summed E-state index contributed by atoms with van der Waals surface area (Å²) in [5.41, 5.74) is 1.14. The molecular formula is C20H33N5O3S. The van der Waals surface area contributed by atoms with E-state index in [1.165, 1.54) is 0 Å². The van der Waals surface area contributed by atoms with Crippen LogP contribution in [0.1, 0.15) is 6.92 Å². The molecule has 0 bridgehead atoms. The van der Waals surface area contributed by atoms with Crippen molar-refractivity contribution in [3.05, 3.63) is 24.3 Å². The number of para-hydroxylation sites is 2. The molecule has 0 radical (unpaired) electrons. The van der Waals surface area contributed by atoms with Crippen LogP contribution in [0.3, 0.4) is 0 Å². The van der Waals surface area contributed by atoms with Crippen molar-refractivity contribution in [2.75, 3.05) is 82.4 Å². The van der Waals surface area contributed by atoms with Gasteiger partial charge in [0.25, 0.3) is 0 Å². The Hall–Kier alpha value is -2.00. The van der Waals surface area contributed by atoms with E-state index in [1.807, 2.05) is 18.2 Å². The van der Waals surface area contributed by atoms with Crippen molar-refractivity contribution >= 4 is 21.5 Å². The highest BCUT2D eigenvalue weighted by atomic mass is 32.2. The number of benzene rings is 1. The van der Waals surface area contributed by atoms with E-state index in [0.717, 1.165) is 56.7 Å². The van der Waals surface area contributed by atoms with Gasteiger partial charge in [0, 0.05) is 52.4 Å². The molecule has 2 heterocycles. The number of nitrogens with one attached hydrogen (secondary N) is 1. The van der Waals surface area contributed by atoms with Gasteiger partial charge in [0.05, 0.1) is 30.8 Å². The standard InChI is InChI=1S/C20H33N5O3S/c1-3-21-20(22-8-9-23-14-16-29(26,27)17-15-23)25-12-10-24(11-13-25)18-6-4-5-7-19(18)28-2/h4-7H,3,8-17H2,1-2H3,(H,21,22). The molecule has 1 aromatic rings. The Balaban J connectivity index is 1.53. The molecule has 3 rings (SSSR count). The van der Waals surface area contributed by atoms with E-state index < -0.39 is 9.84 Å². The van der Waals surface area contributed by atoms with Gasteiger partial charge in [-0.3, -0.25) is 9.89 Å². The maximum atomic E-state index is 11.6. The summed E-state index contributed by atoms with van der Waals surface area (Å²) < 4.78 is 28.6. The van der Waals surface area contributed by atoms with Crippen LogP contribution >= 0.6 is 0 Å². The van der Waals surface area contributed by atoms with E-state index in [1.54, 1.807) is 7.11 Å². The fourth-order valence-corrected chi connectivity index (χ4v) is 5.02. The minimum atomic E-state index is -2.83. The fraction of sp³-hybridized carbons (Fsp3) is 0.650. The fourth-order valence-electron chi connectivity index (χ4n) is 3.75. The molecule has 0 spiro atoms. The van der Waals surface area contributed by atoms with Crippen molar-refractivity contribution in [2.24, 2.45) is 4.99 Å². The van der Waals surface area contributed by atoms with Gasteiger partial charge in [0.2, 0.25) is 0 Å². The number of aliphatic imine (C=N–C) groups is 1. The molecule has 1 N–H and O–H groups in total. The summed E-state index contributed by atoms with van der Waals surface area (Å²) in [6.45, 7) is 9.23. The SMILES string of the molecule is CCNC(=NCCN1CCS(=O)(=O)CC1)N1CCN(c2ccccc2OC)CC1. The Labute approximate surface area is 174 Å². The average Bonchev–Trinajstić information content (AvgIpc) is 2.74. The number of piperazine rings is 1. The van der Waals surface area contributed by atoms with Crippen LogP contribution in [0.15, 0.2) is 29.3 Å². The minimum absolute atomic E-state index is 0.266. The largest absolute Gasteiger partial charge is 0.495 e. The second-order valence-corrected chi connectivity index (χ2v) is 9.68. The van der Waals surface area contributed by atoms with Crippen LogP contribution in [0.5, 0.6) is 5.75 Å². The van der Waals surface area contributed by atoms with Crippen LogP contribution in [0.25, 0.3) is 0 Å². The summed E-state index contributed by atoms with van der Waals surface area (Å²) in [6.07, 6.45) is 0. The van der Waals surface area contributed by atoms with Crippen molar-refractivity contribution in [1.29, 1.82) is 0 Å². The number of hydrogen-bond donors (Lipinski definition) is 1. The first-order valence-electron chi connectivity index (χ1n) is 10.4. The van der Waals surface area contributed by atoms with E-state index in [0.29, 0.717) is 19.6 Å². The maximum Gasteiger partial charge on any atom is 0.194 e. The quantitative estimate of drug-likeness (QED) is 0.528. The molecule has 0 amide bonds. The topological polar surface area (TPSA) is 77.5 Å². The molecule has 0 atom stereocenters. The number of sulfone groups is 1. The Bertz CT molecular complexity index is 777. The third kappa shape index (κ3) is 5.99. The Kier molecular flexibility index (Phi) is 7.60. The summed E-state index contributed by atoms with van der Waals surface area (Å²) in [4.78, 5) is 11.6. The molecule has 8 nitrogen and oxygen atoms in total. The van der Waals surface area contributed by atoms with Crippen LogP contribution < -0.4 is 15.0 Å². The van der Waals surface area contributed by atoms with E-state index >= 15 is 0 Å². The lowest BCUT2D eigenvalue weighted by Gasteiger charge is -2.38. The predicted molar refractivity (Wildman–Crippen MR) is 118 cm³/mol. The molecule has 2 saturated heterocycles. The minimum Gasteiger partial charge on any atom is -0.495 e. The molecule has 0 aliphatic carbocycles. The highest BCUT2D eigenvalue weighted by molar-refractivity contribution is 7.91. The van der Waals surface area contributed by atoms with E-state index in [9.17, 15) is 8.42 Å². The number of nitrogens with zero attached hydrogens (tertiary/aromatic N) is 4. The zero-order valence-electron chi connectivity index (χ0n) is 17.5. The lowest BCUT2D eigenvalue weighted by atomic mass is 10.2. The highest BCUT2D eigenvalue weighted by Crippen LogP contribution is 2.28. The van der Waals surface area contributed by atoms with E-state index in [4.69, 9.17) is 9.73 Å². The van der Waals surface area contributed by atoms with Crippen molar-refractivity contribution in [3.8, 4) is 5.75 Å². The molecule has 0 aromatic heterocycles. The normalized spacial score (nSPS) is 20.6. The second-order valence-electron chi connectivity index (χ2n) is 7.38. The van der Waals surface area contributed by atoms with Crippen LogP contribution in [-0.2, 0) is 9.84 Å². The number of methoxy groups -OCH3 is 1. The number of hydrogen-bond acceptors (Lipinski definition) is 6. The Morgan fingerprint density at radius 1 is 1.10 bits per heavy atom. The Morgan fingerprint density at radius 2 is 1.79 bits per heavy atom. The third-order valence-electron chi connectivity index (χ3n) is 5.45. The first-order chi connectivity index (χ1) is 14.0. The monoisotopic (exact) mass is 423 g/mol. The van der Waals surface area contributed by atoms with Crippen LogP contribution in [0.2, 0.25) is 0 Å². The van der Waals surface area contributed by atoms with Gasteiger partial charge in [-0.15, -0.1) is 0 Å². The zero-order valence-corrected chi connectivity index (χ0v) is 18.3. The predicted octanol–water partition coefficient (Wildman–Crippen LogP) is 0.513. The number of anilines is 1. The molecule has 0 unspecified atom stereocenters. The molecule has 2 aliphatic rings. The first kappa shape index (κ1) is 21.7. The lowest BCUT2D eigenvalue weighted by molar-refractivity contribution is 0.302. The lowest BCUT2D eigenvalue weighted by Crippen LogP contribution is -2.52. The highest BCUT2D eigenvalue weighted by Gasteiger charge is 2.23. The van der Waals surface area contributed by atoms with Crippen LogP contribution in [0, 0.1) is 0 Å². The molecule has 29 heavy (non-hydrogen) atoms. The molecule has 2 fully saturated rings. The summed E-state index contributed by atoms with van der Waals surface area (Å²) >= 11 is 0. The number of ether oxygens (including phenoxy) is 1. The molecule has 1 aromatic carbocycles. The molecule has 162 valence electrons. The summed E-state index contributed by atoms with van der Waals surface area (Å²) in [5, 5.41) is 3.40. The summed E-state index contributed by atoms with van der Waals surface area (Å²) in [5.74, 6) is 2.38. The van der Waals surface area contributed by atoms with Gasteiger partial charge >= 0.3 is 0 Å². The maximum absolute atomic E-state index is 11.6. The van der Waals surface area contributed by atoms with Crippen molar-refractivity contribution < 1.29 is 13.2 Å². The molecule has 9 heteroatoms. The number of rotatable bonds is 6. The van der Waals surface area contributed by atoms with Gasteiger partial charge in [0.1, 0.15) is 5.75 Å². The molecule has 0 saturated carbocycles.